The highest BCUT2D eigenvalue weighted by Crippen LogP contribution is 2.29. The van der Waals surface area contributed by atoms with E-state index in [0.29, 0.717) is 6.04 Å². The highest BCUT2D eigenvalue weighted by atomic mass is 16.5. The molecule has 0 saturated heterocycles. The summed E-state index contributed by atoms with van der Waals surface area (Å²) >= 11 is 0. The van der Waals surface area contributed by atoms with Crippen LogP contribution in [-0.2, 0) is 6.42 Å². The van der Waals surface area contributed by atoms with Gasteiger partial charge in [0.15, 0.2) is 0 Å². The lowest BCUT2D eigenvalue weighted by molar-refractivity contribution is 0.340. The van der Waals surface area contributed by atoms with Crippen molar-refractivity contribution >= 4 is 5.69 Å². The van der Waals surface area contributed by atoms with Gasteiger partial charge in [-0.15, -0.1) is 0 Å². The molecule has 1 aromatic carbocycles. The van der Waals surface area contributed by atoms with Crippen molar-refractivity contribution in [3.63, 3.8) is 0 Å². The van der Waals surface area contributed by atoms with Gasteiger partial charge >= 0.3 is 0 Å². The van der Waals surface area contributed by atoms with Crippen molar-refractivity contribution in [2.75, 3.05) is 11.9 Å². The molecule has 0 saturated carbocycles. The zero-order valence-electron chi connectivity index (χ0n) is 8.13. The van der Waals surface area contributed by atoms with Gasteiger partial charge in [-0.3, -0.25) is 0 Å². The number of nitrogens with one attached hydrogen (secondary N) is 1. The first kappa shape index (κ1) is 8.42. The van der Waals surface area contributed by atoms with Gasteiger partial charge in [0.05, 0.1) is 6.61 Å². The average Bonchev–Trinajstić information content (AvgIpc) is 2.44. The lowest BCUT2D eigenvalue weighted by atomic mass is 10.1. The zero-order valence-corrected chi connectivity index (χ0v) is 8.13. The van der Waals surface area contributed by atoms with Gasteiger partial charge in [-0.1, -0.05) is 6.07 Å². The molecular weight excluding hydrogens is 162 g/mol. The van der Waals surface area contributed by atoms with Crippen LogP contribution in [0, 0.1) is 0 Å². The maximum absolute atomic E-state index is 5.43. The minimum absolute atomic E-state index is 0.562. The highest BCUT2D eigenvalue weighted by Gasteiger charge is 2.16. The molecule has 2 rings (SSSR count). The second-order valence-corrected chi connectivity index (χ2v) is 3.50. The van der Waals surface area contributed by atoms with Crippen LogP contribution in [-0.4, -0.2) is 12.6 Å². The van der Waals surface area contributed by atoms with Crippen LogP contribution in [0.2, 0.25) is 0 Å². The van der Waals surface area contributed by atoms with Crippen molar-refractivity contribution in [2.45, 2.75) is 26.3 Å². The molecule has 1 unspecified atom stereocenters. The molecule has 13 heavy (non-hydrogen) atoms. The lowest BCUT2D eigenvalue weighted by Gasteiger charge is -2.05. The van der Waals surface area contributed by atoms with Crippen molar-refractivity contribution in [1.29, 1.82) is 0 Å². The van der Waals surface area contributed by atoms with Crippen LogP contribution < -0.4 is 10.1 Å². The third kappa shape index (κ3) is 1.62. The van der Waals surface area contributed by atoms with E-state index < -0.39 is 0 Å². The molecule has 2 heteroatoms. The van der Waals surface area contributed by atoms with Crippen LogP contribution >= 0.6 is 0 Å². The monoisotopic (exact) mass is 177 g/mol. The normalized spacial score (nSPS) is 19.4. The third-order valence-corrected chi connectivity index (χ3v) is 2.32. The Morgan fingerprint density at radius 2 is 2.38 bits per heavy atom. The first-order chi connectivity index (χ1) is 6.29. The van der Waals surface area contributed by atoms with Crippen LogP contribution in [0.1, 0.15) is 19.4 Å². The summed E-state index contributed by atoms with van der Waals surface area (Å²) in [5.74, 6) is 0.961. The van der Waals surface area contributed by atoms with Crippen LogP contribution in [0.15, 0.2) is 18.2 Å². The van der Waals surface area contributed by atoms with Crippen LogP contribution in [0.4, 0.5) is 5.69 Å². The van der Waals surface area contributed by atoms with E-state index in [9.17, 15) is 0 Å². The second-order valence-electron chi connectivity index (χ2n) is 3.50. The summed E-state index contributed by atoms with van der Waals surface area (Å²) < 4.78 is 5.43. The summed E-state index contributed by atoms with van der Waals surface area (Å²) in [5.41, 5.74) is 2.63. The topological polar surface area (TPSA) is 21.3 Å². The fourth-order valence-electron chi connectivity index (χ4n) is 1.77. The van der Waals surface area contributed by atoms with Crippen molar-refractivity contribution in [3.8, 4) is 5.75 Å². The number of rotatable bonds is 2. The molecular formula is C11H15NO. The summed E-state index contributed by atoms with van der Waals surface area (Å²) in [6, 6.07) is 6.84. The maximum atomic E-state index is 5.43. The fourth-order valence-corrected chi connectivity index (χ4v) is 1.77. The van der Waals surface area contributed by atoms with Gasteiger partial charge in [-0.2, -0.15) is 0 Å². The SMILES string of the molecule is CCOc1ccc2c(c1)NC(C)C2. The van der Waals surface area contributed by atoms with Crippen LogP contribution in [0.5, 0.6) is 5.75 Å². The number of benzene rings is 1. The smallest absolute Gasteiger partial charge is 0.121 e. The molecule has 1 N–H and O–H groups in total. The van der Waals surface area contributed by atoms with Gasteiger partial charge in [0.25, 0.3) is 0 Å². The van der Waals surface area contributed by atoms with Gasteiger partial charge in [0, 0.05) is 17.8 Å². The molecule has 0 fully saturated rings. The molecule has 1 atom stereocenters. The van der Waals surface area contributed by atoms with E-state index in [1.165, 1.54) is 11.3 Å². The number of hydrogen-bond donors (Lipinski definition) is 1. The predicted octanol–water partition coefficient (Wildman–Crippen LogP) is 2.44. The third-order valence-electron chi connectivity index (χ3n) is 2.32. The van der Waals surface area contributed by atoms with Crippen molar-refractivity contribution in [2.24, 2.45) is 0 Å². The Hall–Kier alpha value is -1.18. The van der Waals surface area contributed by atoms with Crippen LogP contribution in [0.3, 0.4) is 0 Å². The number of fused-ring (bicyclic) bond motifs is 1. The summed E-state index contributed by atoms with van der Waals surface area (Å²) in [5, 5.41) is 3.42. The molecule has 0 amide bonds. The van der Waals surface area contributed by atoms with Gasteiger partial charge < -0.3 is 10.1 Å². The van der Waals surface area contributed by atoms with Crippen molar-refractivity contribution < 1.29 is 4.74 Å². The average molecular weight is 177 g/mol. The first-order valence-electron chi connectivity index (χ1n) is 4.82. The lowest BCUT2D eigenvalue weighted by Crippen LogP contribution is -2.08. The Kier molecular flexibility index (Phi) is 2.13. The highest BCUT2D eigenvalue weighted by molar-refractivity contribution is 5.59. The zero-order chi connectivity index (χ0) is 9.26. The Morgan fingerprint density at radius 1 is 1.54 bits per heavy atom. The summed E-state index contributed by atoms with van der Waals surface area (Å²) in [6.07, 6.45) is 1.13. The van der Waals surface area contributed by atoms with Crippen molar-refractivity contribution in [3.05, 3.63) is 23.8 Å². The van der Waals surface area contributed by atoms with Crippen molar-refractivity contribution in [1.82, 2.24) is 0 Å². The minimum Gasteiger partial charge on any atom is -0.494 e. The van der Waals surface area contributed by atoms with E-state index >= 15 is 0 Å². The Bertz CT molecular complexity index is 309. The molecule has 2 nitrogen and oxygen atoms in total. The largest absolute Gasteiger partial charge is 0.494 e. The Labute approximate surface area is 78.9 Å². The van der Waals surface area contributed by atoms with Gasteiger partial charge in [0.2, 0.25) is 0 Å². The summed E-state index contributed by atoms with van der Waals surface area (Å²) in [6.45, 7) is 4.93. The van der Waals surface area contributed by atoms with Gasteiger partial charge in [-0.05, 0) is 31.9 Å². The molecule has 1 aliphatic rings. The van der Waals surface area contributed by atoms with Gasteiger partial charge in [0.1, 0.15) is 5.75 Å². The molecule has 0 spiro atoms. The fraction of sp³-hybridized carbons (Fsp3) is 0.455. The minimum atomic E-state index is 0.562. The number of anilines is 1. The van der Waals surface area contributed by atoms with Gasteiger partial charge in [-0.25, -0.2) is 0 Å². The molecule has 0 bridgehead atoms. The van der Waals surface area contributed by atoms with Crippen LogP contribution in [0.25, 0.3) is 0 Å². The molecule has 1 aromatic rings. The van der Waals surface area contributed by atoms with E-state index in [0.717, 1.165) is 18.8 Å². The molecule has 0 aromatic heterocycles. The molecule has 1 aliphatic heterocycles. The van der Waals surface area contributed by atoms with E-state index in [4.69, 9.17) is 4.74 Å². The number of ether oxygens (including phenoxy) is 1. The number of hydrogen-bond acceptors (Lipinski definition) is 2. The van der Waals surface area contributed by atoms with E-state index in [2.05, 4.69) is 24.4 Å². The molecule has 1 heterocycles. The quantitative estimate of drug-likeness (QED) is 0.749. The molecule has 70 valence electrons. The standard InChI is InChI=1S/C11H15NO/c1-3-13-10-5-4-9-6-8(2)12-11(9)7-10/h4-5,7-8,12H,3,6H2,1-2H3. The molecule has 0 aliphatic carbocycles. The summed E-state index contributed by atoms with van der Waals surface area (Å²) in [4.78, 5) is 0. The van der Waals surface area contributed by atoms with E-state index in [-0.39, 0.29) is 0 Å². The predicted molar refractivity (Wildman–Crippen MR) is 54.4 cm³/mol. The van der Waals surface area contributed by atoms with E-state index in [1.807, 2.05) is 13.0 Å². The Balaban J connectivity index is 2.24. The second kappa shape index (κ2) is 3.29. The molecule has 0 radical (unpaired) electrons. The first-order valence-corrected chi connectivity index (χ1v) is 4.82. The Morgan fingerprint density at radius 3 is 3.15 bits per heavy atom. The summed E-state index contributed by atoms with van der Waals surface area (Å²) in [7, 11) is 0. The maximum Gasteiger partial charge on any atom is 0.121 e. The van der Waals surface area contributed by atoms with E-state index in [1.54, 1.807) is 0 Å².